The second-order valence-corrected chi connectivity index (χ2v) is 8.83. The molecule has 3 fully saturated rings. The number of carbonyl (C=O) groups excluding carboxylic acids is 1. The van der Waals surface area contributed by atoms with Crippen LogP contribution in [0.1, 0.15) is 66.2 Å². The Balaban J connectivity index is 0.000000730. The lowest BCUT2D eigenvalue weighted by atomic mass is 9.99. The van der Waals surface area contributed by atoms with Crippen molar-refractivity contribution in [3.8, 4) is 11.1 Å². The Bertz CT molecular complexity index is 890. The number of likely N-dealkylation sites (tertiary alicyclic amines) is 2. The maximum Gasteiger partial charge on any atom is 0.290 e. The van der Waals surface area contributed by atoms with Crippen molar-refractivity contribution in [3.05, 3.63) is 41.2 Å². The molecule has 2 aromatic rings. The first-order valence-corrected chi connectivity index (χ1v) is 11.4. The van der Waals surface area contributed by atoms with Crippen LogP contribution >= 0.6 is 0 Å². The Kier molecular flexibility index (Phi) is 6.70. The maximum absolute atomic E-state index is 13.0. The van der Waals surface area contributed by atoms with Gasteiger partial charge in [-0.15, -0.1) is 0 Å². The van der Waals surface area contributed by atoms with E-state index in [0.29, 0.717) is 12.0 Å². The van der Waals surface area contributed by atoms with Crippen LogP contribution in [0, 0.1) is 6.92 Å². The van der Waals surface area contributed by atoms with Gasteiger partial charge >= 0.3 is 0 Å². The molecule has 2 N–H and O–H groups in total. The summed E-state index contributed by atoms with van der Waals surface area (Å²) in [4.78, 5) is 26.0. The van der Waals surface area contributed by atoms with Crippen molar-refractivity contribution in [1.29, 1.82) is 0 Å². The average molecular weight is 425 g/mol. The second-order valence-electron chi connectivity index (χ2n) is 8.83. The van der Waals surface area contributed by atoms with E-state index in [1.54, 1.807) is 0 Å². The SMILES string of the molecule is Cc1[nH]nc(C2CC2)c1-c1ccc(C(=O)N2CCC(N3CCCC3)CC2)cc1.O=CO. The van der Waals surface area contributed by atoms with Crippen LogP contribution in [-0.4, -0.2) is 69.7 Å². The molecule has 2 saturated heterocycles. The van der Waals surface area contributed by atoms with Gasteiger partial charge in [-0.05, 0) is 76.2 Å². The van der Waals surface area contributed by atoms with Gasteiger partial charge in [0.05, 0.1) is 5.69 Å². The number of aromatic nitrogens is 2. The Morgan fingerprint density at radius 1 is 1.06 bits per heavy atom. The number of aryl methyl sites for hydroxylation is 1. The summed E-state index contributed by atoms with van der Waals surface area (Å²) in [6, 6.07) is 8.85. The number of carboxylic acid groups (broad SMARTS) is 1. The molecule has 7 nitrogen and oxygen atoms in total. The van der Waals surface area contributed by atoms with Crippen molar-refractivity contribution in [2.45, 2.75) is 57.4 Å². The molecule has 2 aliphatic heterocycles. The first kappa shape index (κ1) is 21.6. The molecule has 1 saturated carbocycles. The summed E-state index contributed by atoms with van der Waals surface area (Å²) >= 11 is 0. The molecule has 1 aromatic heterocycles. The van der Waals surface area contributed by atoms with Gasteiger partial charge in [-0.1, -0.05) is 12.1 Å². The molecule has 3 aliphatic rings. The molecule has 0 spiro atoms. The Hall–Kier alpha value is -2.67. The first-order chi connectivity index (χ1) is 15.1. The minimum Gasteiger partial charge on any atom is -0.483 e. The quantitative estimate of drug-likeness (QED) is 0.731. The minimum atomic E-state index is -0.250. The van der Waals surface area contributed by atoms with Gasteiger partial charge in [-0.2, -0.15) is 5.10 Å². The predicted molar refractivity (Wildman–Crippen MR) is 119 cm³/mol. The number of piperidine rings is 1. The normalized spacial score (nSPS) is 19.7. The van der Waals surface area contributed by atoms with Crippen LogP contribution in [0.15, 0.2) is 24.3 Å². The average Bonchev–Trinajstić information content (AvgIpc) is 3.34. The topological polar surface area (TPSA) is 89.5 Å². The number of hydrogen-bond donors (Lipinski definition) is 2. The number of carbonyl (C=O) groups is 2. The smallest absolute Gasteiger partial charge is 0.290 e. The van der Waals surface area contributed by atoms with Crippen molar-refractivity contribution < 1.29 is 14.7 Å². The molecular weight excluding hydrogens is 392 g/mol. The minimum absolute atomic E-state index is 0.178. The van der Waals surface area contributed by atoms with Crippen LogP contribution in [0.25, 0.3) is 11.1 Å². The Morgan fingerprint density at radius 3 is 2.26 bits per heavy atom. The van der Waals surface area contributed by atoms with E-state index in [2.05, 4.69) is 34.2 Å². The van der Waals surface area contributed by atoms with E-state index in [9.17, 15) is 4.79 Å². The number of amides is 1. The molecule has 31 heavy (non-hydrogen) atoms. The standard InChI is InChI=1S/C23H30N4O.CH2O2/c1-16-21(22(25-24-16)18-6-7-18)17-4-8-19(9-5-17)23(28)27-14-10-20(11-15-27)26-12-2-3-13-26;2-1-3/h4-5,8-9,18,20H,2-3,6-7,10-15H2,1H3,(H,24,25);1H,(H,2,3). The van der Waals surface area contributed by atoms with Crippen LogP contribution in [0.5, 0.6) is 0 Å². The molecular formula is C24H32N4O3. The largest absolute Gasteiger partial charge is 0.483 e. The summed E-state index contributed by atoms with van der Waals surface area (Å²) in [5.41, 5.74) is 5.51. The van der Waals surface area contributed by atoms with Crippen LogP contribution in [0.3, 0.4) is 0 Å². The van der Waals surface area contributed by atoms with E-state index in [1.807, 2.05) is 17.0 Å². The number of nitrogens with one attached hydrogen (secondary N) is 1. The highest BCUT2D eigenvalue weighted by molar-refractivity contribution is 5.94. The monoisotopic (exact) mass is 424 g/mol. The van der Waals surface area contributed by atoms with Crippen LogP contribution in [-0.2, 0) is 4.79 Å². The summed E-state index contributed by atoms with van der Waals surface area (Å²) in [6.45, 7) is 6.09. The van der Waals surface area contributed by atoms with E-state index >= 15 is 0 Å². The van der Waals surface area contributed by atoms with E-state index in [0.717, 1.165) is 42.8 Å². The van der Waals surface area contributed by atoms with E-state index in [1.165, 1.54) is 50.0 Å². The third-order valence-electron chi connectivity index (χ3n) is 6.77. The summed E-state index contributed by atoms with van der Waals surface area (Å²) in [5.74, 6) is 0.788. The lowest BCUT2D eigenvalue weighted by Gasteiger charge is -2.36. The molecule has 5 rings (SSSR count). The summed E-state index contributed by atoms with van der Waals surface area (Å²) in [6.07, 6.45) is 7.38. The Labute approximate surface area is 183 Å². The number of benzene rings is 1. The lowest BCUT2D eigenvalue weighted by molar-refractivity contribution is -0.122. The summed E-state index contributed by atoms with van der Waals surface area (Å²) in [7, 11) is 0. The Morgan fingerprint density at radius 2 is 1.68 bits per heavy atom. The molecule has 166 valence electrons. The highest BCUT2D eigenvalue weighted by Crippen LogP contribution is 2.44. The van der Waals surface area contributed by atoms with Crippen molar-refractivity contribution in [2.24, 2.45) is 0 Å². The molecule has 1 amide bonds. The molecule has 0 unspecified atom stereocenters. The van der Waals surface area contributed by atoms with E-state index < -0.39 is 0 Å². The number of nitrogens with zero attached hydrogens (tertiary/aromatic N) is 3. The highest BCUT2D eigenvalue weighted by atomic mass is 16.3. The van der Waals surface area contributed by atoms with Gasteiger partial charge in [-0.25, -0.2) is 0 Å². The molecule has 0 radical (unpaired) electrons. The van der Waals surface area contributed by atoms with Gasteiger partial charge in [0.25, 0.3) is 12.4 Å². The summed E-state index contributed by atoms with van der Waals surface area (Å²) < 4.78 is 0. The molecule has 0 atom stereocenters. The van der Waals surface area contributed by atoms with E-state index in [-0.39, 0.29) is 12.4 Å². The van der Waals surface area contributed by atoms with Crippen LogP contribution in [0.2, 0.25) is 0 Å². The summed E-state index contributed by atoms with van der Waals surface area (Å²) in [5, 5.41) is 14.6. The molecule has 0 bridgehead atoms. The van der Waals surface area contributed by atoms with Gasteiger partial charge < -0.3 is 14.9 Å². The molecule has 3 heterocycles. The predicted octanol–water partition coefficient (Wildman–Crippen LogP) is 3.66. The molecule has 7 heteroatoms. The number of aromatic amines is 1. The van der Waals surface area contributed by atoms with Crippen molar-refractivity contribution in [1.82, 2.24) is 20.0 Å². The van der Waals surface area contributed by atoms with Crippen LogP contribution in [0.4, 0.5) is 0 Å². The number of rotatable bonds is 4. The second kappa shape index (κ2) is 9.64. The zero-order valence-electron chi connectivity index (χ0n) is 18.2. The van der Waals surface area contributed by atoms with Crippen molar-refractivity contribution >= 4 is 12.4 Å². The van der Waals surface area contributed by atoms with Gasteiger partial charge in [0.15, 0.2) is 0 Å². The fourth-order valence-electron chi connectivity index (χ4n) is 4.97. The fourth-order valence-corrected chi connectivity index (χ4v) is 4.97. The number of hydrogen-bond acceptors (Lipinski definition) is 4. The van der Waals surface area contributed by atoms with Gasteiger partial charge in [0, 0.05) is 41.9 Å². The third-order valence-corrected chi connectivity index (χ3v) is 6.77. The van der Waals surface area contributed by atoms with Crippen LogP contribution < -0.4 is 0 Å². The van der Waals surface area contributed by atoms with Gasteiger partial charge in [0.1, 0.15) is 0 Å². The molecule has 1 aromatic carbocycles. The zero-order chi connectivity index (χ0) is 21.8. The highest BCUT2D eigenvalue weighted by Gasteiger charge is 2.31. The number of H-pyrrole nitrogens is 1. The van der Waals surface area contributed by atoms with Gasteiger partial charge in [0.2, 0.25) is 0 Å². The van der Waals surface area contributed by atoms with E-state index in [4.69, 9.17) is 9.90 Å². The van der Waals surface area contributed by atoms with Gasteiger partial charge in [-0.3, -0.25) is 14.7 Å². The third kappa shape index (κ3) is 4.82. The van der Waals surface area contributed by atoms with Crippen molar-refractivity contribution in [2.75, 3.05) is 26.2 Å². The first-order valence-electron chi connectivity index (χ1n) is 11.4. The fraction of sp³-hybridized carbons (Fsp3) is 0.542. The molecule has 1 aliphatic carbocycles. The zero-order valence-corrected chi connectivity index (χ0v) is 18.2. The van der Waals surface area contributed by atoms with Crippen molar-refractivity contribution in [3.63, 3.8) is 0 Å². The lowest BCUT2D eigenvalue weighted by Crippen LogP contribution is -2.45. The maximum atomic E-state index is 13.0.